The number of hydrogen-bond donors (Lipinski definition) is 2. The zero-order valence-electron chi connectivity index (χ0n) is 11.5. The van der Waals surface area contributed by atoms with Gasteiger partial charge in [0, 0.05) is 0 Å². The quantitative estimate of drug-likeness (QED) is 0.768. The summed E-state index contributed by atoms with van der Waals surface area (Å²) in [6, 6.07) is 7.44. The van der Waals surface area contributed by atoms with Crippen LogP contribution < -0.4 is 5.32 Å². The van der Waals surface area contributed by atoms with Gasteiger partial charge in [0.1, 0.15) is 5.75 Å². The molecule has 1 aromatic rings. The van der Waals surface area contributed by atoms with Gasteiger partial charge in [-0.25, -0.2) is 0 Å². The molecule has 17 heavy (non-hydrogen) atoms. The molecule has 0 aliphatic carbocycles. The van der Waals surface area contributed by atoms with Crippen LogP contribution in [0.4, 0.5) is 0 Å². The van der Waals surface area contributed by atoms with Crippen molar-refractivity contribution in [3.8, 4) is 5.75 Å². The van der Waals surface area contributed by atoms with Crippen LogP contribution >= 0.6 is 0 Å². The lowest BCUT2D eigenvalue weighted by Gasteiger charge is -2.27. The second-order valence-corrected chi connectivity index (χ2v) is 5.89. The zero-order valence-corrected chi connectivity index (χ0v) is 11.5. The molecule has 0 radical (unpaired) electrons. The Balaban J connectivity index is 2.23. The Morgan fingerprint density at radius 1 is 1.18 bits per heavy atom. The number of phenols is 1. The van der Waals surface area contributed by atoms with Crippen molar-refractivity contribution in [3.05, 3.63) is 29.8 Å². The molecule has 2 N–H and O–H groups in total. The molecule has 0 amide bonds. The summed E-state index contributed by atoms with van der Waals surface area (Å²) in [5, 5.41) is 12.7. The molecule has 1 unspecified atom stereocenters. The second kappa shape index (κ2) is 6.06. The summed E-state index contributed by atoms with van der Waals surface area (Å²) in [6.45, 7) is 11.2. The van der Waals surface area contributed by atoms with Crippen molar-refractivity contribution in [1.82, 2.24) is 5.32 Å². The maximum absolute atomic E-state index is 9.17. The fourth-order valence-electron chi connectivity index (χ4n) is 1.52. The fourth-order valence-corrected chi connectivity index (χ4v) is 1.52. The van der Waals surface area contributed by atoms with E-state index in [1.54, 1.807) is 12.1 Å². The maximum Gasteiger partial charge on any atom is 0.115 e. The normalized spacial score (nSPS) is 13.6. The van der Waals surface area contributed by atoms with Crippen LogP contribution in [0.5, 0.6) is 5.75 Å². The van der Waals surface area contributed by atoms with E-state index in [-0.39, 0.29) is 0 Å². The summed E-state index contributed by atoms with van der Waals surface area (Å²) in [5.74, 6) is 1.00. The van der Waals surface area contributed by atoms with E-state index in [1.165, 1.54) is 5.56 Å². The molecule has 1 rings (SSSR count). The molecule has 0 saturated carbocycles. The lowest BCUT2D eigenvalue weighted by atomic mass is 9.82. The highest BCUT2D eigenvalue weighted by Crippen LogP contribution is 2.24. The van der Waals surface area contributed by atoms with Crippen molar-refractivity contribution < 1.29 is 5.11 Å². The van der Waals surface area contributed by atoms with Gasteiger partial charge in [-0.1, -0.05) is 39.8 Å². The molecule has 0 spiro atoms. The Morgan fingerprint density at radius 2 is 1.76 bits per heavy atom. The van der Waals surface area contributed by atoms with Gasteiger partial charge in [-0.2, -0.15) is 0 Å². The van der Waals surface area contributed by atoms with Gasteiger partial charge in [0.15, 0.2) is 0 Å². The predicted molar refractivity (Wildman–Crippen MR) is 73.3 cm³/mol. The van der Waals surface area contributed by atoms with Crippen LogP contribution in [-0.4, -0.2) is 18.2 Å². The van der Waals surface area contributed by atoms with Crippen LogP contribution in [0.3, 0.4) is 0 Å². The first kappa shape index (κ1) is 14.0. The van der Waals surface area contributed by atoms with Crippen molar-refractivity contribution in [1.29, 1.82) is 0 Å². The molecule has 96 valence electrons. The van der Waals surface area contributed by atoms with Crippen LogP contribution in [0.25, 0.3) is 0 Å². The average Bonchev–Trinajstić information content (AvgIpc) is 2.25. The first-order valence-corrected chi connectivity index (χ1v) is 6.38. The maximum atomic E-state index is 9.17. The van der Waals surface area contributed by atoms with Gasteiger partial charge in [0.25, 0.3) is 0 Å². The summed E-state index contributed by atoms with van der Waals surface area (Å²) >= 11 is 0. The molecule has 2 heteroatoms. The first-order valence-electron chi connectivity index (χ1n) is 6.38. The van der Waals surface area contributed by atoms with E-state index in [2.05, 4.69) is 33.0 Å². The first-order chi connectivity index (χ1) is 7.89. The third-order valence-electron chi connectivity index (χ3n) is 3.46. The van der Waals surface area contributed by atoms with E-state index in [9.17, 15) is 5.11 Å². The van der Waals surface area contributed by atoms with E-state index < -0.39 is 0 Å². The molecule has 0 saturated heterocycles. The van der Waals surface area contributed by atoms with Gasteiger partial charge in [0.2, 0.25) is 0 Å². The van der Waals surface area contributed by atoms with Crippen molar-refractivity contribution >= 4 is 0 Å². The SMILES string of the molecule is CC(CNCCc1ccc(O)cc1)C(C)(C)C. The van der Waals surface area contributed by atoms with Gasteiger partial charge < -0.3 is 10.4 Å². The average molecular weight is 235 g/mol. The standard InChI is InChI=1S/C15H25NO/c1-12(15(2,3)4)11-16-10-9-13-5-7-14(17)8-6-13/h5-8,12,16-17H,9-11H2,1-4H3. The number of nitrogens with one attached hydrogen (secondary N) is 1. The number of aromatic hydroxyl groups is 1. The summed E-state index contributed by atoms with van der Waals surface area (Å²) < 4.78 is 0. The van der Waals surface area contributed by atoms with Gasteiger partial charge in [-0.15, -0.1) is 0 Å². The van der Waals surface area contributed by atoms with Crippen LogP contribution in [-0.2, 0) is 6.42 Å². The smallest absolute Gasteiger partial charge is 0.115 e. The van der Waals surface area contributed by atoms with Crippen LogP contribution in [0.15, 0.2) is 24.3 Å². The highest BCUT2D eigenvalue weighted by atomic mass is 16.3. The topological polar surface area (TPSA) is 32.3 Å². The van der Waals surface area contributed by atoms with E-state index >= 15 is 0 Å². The molecule has 2 nitrogen and oxygen atoms in total. The monoisotopic (exact) mass is 235 g/mol. The van der Waals surface area contributed by atoms with E-state index in [0.29, 0.717) is 17.1 Å². The summed E-state index contributed by atoms with van der Waals surface area (Å²) in [4.78, 5) is 0. The Bertz CT molecular complexity index is 324. The second-order valence-electron chi connectivity index (χ2n) is 5.89. The summed E-state index contributed by atoms with van der Waals surface area (Å²) in [5.41, 5.74) is 1.63. The Labute approximate surface area is 105 Å². The van der Waals surface area contributed by atoms with Crippen molar-refractivity contribution in [2.75, 3.05) is 13.1 Å². The van der Waals surface area contributed by atoms with E-state index in [0.717, 1.165) is 19.5 Å². The molecule has 0 fully saturated rings. The number of phenolic OH excluding ortho intramolecular Hbond substituents is 1. The van der Waals surface area contributed by atoms with Gasteiger partial charge >= 0.3 is 0 Å². The number of benzene rings is 1. The minimum Gasteiger partial charge on any atom is -0.508 e. The van der Waals surface area contributed by atoms with Crippen LogP contribution in [0.2, 0.25) is 0 Å². The Morgan fingerprint density at radius 3 is 2.29 bits per heavy atom. The Kier molecular flexibility index (Phi) is 5.01. The number of hydrogen-bond acceptors (Lipinski definition) is 2. The summed E-state index contributed by atoms with van der Waals surface area (Å²) in [7, 11) is 0. The van der Waals surface area contributed by atoms with Gasteiger partial charge in [0.05, 0.1) is 0 Å². The molecule has 0 aromatic heterocycles. The van der Waals surface area contributed by atoms with Crippen LogP contribution in [0.1, 0.15) is 33.3 Å². The Hall–Kier alpha value is -1.02. The minimum absolute atomic E-state index is 0.336. The molecule has 0 heterocycles. The molecule has 1 aromatic carbocycles. The van der Waals surface area contributed by atoms with Gasteiger partial charge in [-0.3, -0.25) is 0 Å². The highest BCUT2D eigenvalue weighted by molar-refractivity contribution is 5.25. The van der Waals surface area contributed by atoms with E-state index in [1.807, 2.05) is 12.1 Å². The molecular formula is C15H25NO. The van der Waals surface area contributed by atoms with Crippen molar-refractivity contribution in [2.24, 2.45) is 11.3 Å². The minimum atomic E-state index is 0.336. The van der Waals surface area contributed by atoms with Gasteiger partial charge in [-0.05, 0) is 48.5 Å². The molecule has 0 aliphatic heterocycles. The molecule has 1 atom stereocenters. The molecule has 0 bridgehead atoms. The zero-order chi connectivity index (χ0) is 12.9. The lowest BCUT2D eigenvalue weighted by Crippen LogP contribution is -2.30. The molecule has 0 aliphatic rings. The third-order valence-corrected chi connectivity index (χ3v) is 3.46. The fraction of sp³-hybridized carbons (Fsp3) is 0.600. The third kappa shape index (κ3) is 5.22. The largest absolute Gasteiger partial charge is 0.508 e. The van der Waals surface area contributed by atoms with Crippen molar-refractivity contribution in [3.63, 3.8) is 0 Å². The highest BCUT2D eigenvalue weighted by Gasteiger charge is 2.18. The van der Waals surface area contributed by atoms with E-state index in [4.69, 9.17) is 0 Å². The van der Waals surface area contributed by atoms with Crippen LogP contribution in [0, 0.1) is 11.3 Å². The lowest BCUT2D eigenvalue weighted by molar-refractivity contribution is 0.253. The predicted octanol–water partition coefficient (Wildman–Crippen LogP) is 3.21. The van der Waals surface area contributed by atoms with Crippen molar-refractivity contribution in [2.45, 2.75) is 34.1 Å². The summed E-state index contributed by atoms with van der Waals surface area (Å²) in [6.07, 6.45) is 1.01. The number of rotatable bonds is 5. The molecular weight excluding hydrogens is 210 g/mol.